The second-order valence-corrected chi connectivity index (χ2v) is 6.19. The molecule has 0 aromatic carbocycles. The highest BCUT2D eigenvalue weighted by Crippen LogP contribution is 2.40. The lowest BCUT2D eigenvalue weighted by molar-refractivity contribution is -0.109. The highest BCUT2D eigenvalue weighted by molar-refractivity contribution is 8.25. The molecule has 0 aromatic rings. The number of rotatable bonds is 3. The predicted octanol–water partition coefficient (Wildman–Crippen LogP) is 1.58. The van der Waals surface area contributed by atoms with Gasteiger partial charge in [0.15, 0.2) is 5.12 Å². The average Bonchev–Trinajstić information content (AvgIpc) is 2.47. The van der Waals surface area contributed by atoms with Crippen molar-refractivity contribution in [2.75, 3.05) is 6.61 Å². The van der Waals surface area contributed by atoms with Gasteiger partial charge in [-0.25, -0.2) is 4.79 Å². The van der Waals surface area contributed by atoms with Crippen molar-refractivity contribution < 1.29 is 14.3 Å². The molecule has 1 rings (SSSR count). The lowest BCUT2D eigenvalue weighted by Crippen LogP contribution is -2.18. The summed E-state index contributed by atoms with van der Waals surface area (Å²) in [6.45, 7) is 1.92. The lowest BCUT2D eigenvalue weighted by atomic mass is 10.3. The Kier molecular flexibility index (Phi) is 4.60. The molecule has 0 aliphatic carbocycles. The maximum Gasteiger partial charge on any atom is 0.404 e. The maximum atomic E-state index is 10.8. The topological polar surface area (TPSA) is 69.4 Å². The number of nitrogens with two attached hydrogens (primary N) is 1. The van der Waals surface area contributed by atoms with E-state index in [-0.39, 0.29) is 5.12 Å². The first-order chi connectivity index (χ1) is 6.58. The van der Waals surface area contributed by atoms with Crippen molar-refractivity contribution in [1.29, 1.82) is 0 Å². The van der Waals surface area contributed by atoms with Gasteiger partial charge in [-0.15, -0.1) is 11.8 Å². The second-order valence-electron chi connectivity index (χ2n) is 3.00. The fraction of sp³-hybridized carbons (Fsp3) is 0.750. The Morgan fingerprint density at radius 1 is 1.57 bits per heavy atom. The molecule has 6 heteroatoms. The first kappa shape index (κ1) is 11.7. The minimum absolute atomic E-state index is 0.138. The summed E-state index contributed by atoms with van der Waals surface area (Å²) in [6.07, 6.45) is 1.23. The van der Waals surface area contributed by atoms with Gasteiger partial charge in [-0.2, -0.15) is 0 Å². The third-order valence-corrected chi connectivity index (χ3v) is 4.53. The Labute approximate surface area is 91.3 Å². The van der Waals surface area contributed by atoms with Crippen LogP contribution < -0.4 is 5.73 Å². The van der Waals surface area contributed by atoms with Crippen LogP contribution in [-0.4, -0.2) is 27.6 Å². The lowest BCUT2D eigenvalue weighted by Gasteiger charge is -2.09. The molecule has 1 amide bonds. The molecule has 0 spiro atoms. The van der Waals surface area contributed by atoms with Gasteiger partial charge in [0, 0.05) is 12.2 Å². The van der Waals surface area contributed by atoms with E-state index in [0.717, 1.165) is 12.8 Å². The summed E-state index contributed by atoms with van der Waals surface area (Å²) in [5.74, 6) is 0. The van der Waals surface area contributed by atoms with E-state index >= 15 is 0 Å². The van der Waals surface area contributed by atoms with Crippen molar-refractivity contribution in [3.63, 3.8) is 0 Å². The van der Waals surface area contributed by atoms with E-state index in [4.69, 9.17) is 10.5 Å². The van der Waals surface area contributed by atoms with E-state index in [1.165, 1.54) is 11.8 Å². The van der Waals surface area contributed by atoms with Crippen LogP contribution in [-0.2, 0) is 9.53 Å². The molecule has 14 heavy (non-hydrogen) atoms. The predicted molar refractivity (Wildman–Crippen MR) is 58.2 cm³/mol. The van der Waals surface area contributed by atoms with E-state index in [1.54, 1.807) is 18.7 Å². The minimum Gasteiger partial charge on any atom is -0.449 e. The van der Waals surface area contributed by atoms with Crippen molar-refractivity contribution in [2.24, 2.45) is 5.73 Å². The number of thioether (sulfide) groups is 2. The van der Waals surface area contributed by atoms with Crippen LogP contribution in [0.4, 0.5) is 4.79 Å². The number of hydrogen-bond donors (Lipinski definition) is 1. The number of hydrogen-bond acceptors (Lipinski definition) is 5. The number of carbonyl (C=O) groups excluding carboxylic acids is 2. The van der Waals surface area contributed by atoms with Gasteiger partial charge in [0.2, 0.25) is 0 Å². The van der Waals surface area contributed by atoms with E-state index in [0.29, 0.717) is 16.4 Å². The standard InChI is InChI=1S/C8H13NO3S2/c1-5(10)13-7-3-2-6(14-7)4-12-8(9)11/h6-7H,2-4H2,1H3,(H2,9,11). The van der Waals surface area contributed by atoms with Gasteiger partial charge in [-0.3, -0.25) is 4.79 Å². The summed E-state index contributed by atoms with van der Waals surface area (Å²) < 4.78 is 5.02. The van der Waals surface area contributed by atoms with E-state index in [9.17, 15) is 9.59 Å². The monoisotopic (exact) mass is 235 g/mol. The van der Waals surface area contributed by atoms with Gasteiger partial charge in [-0.1, -0.05) is 11.8 Å². The van der Waals surface area contributed by atoms with Crippen LogP contribution in [0.15, 0.2) is 0 Å². The largest absolute Gasteiger partial charge is 0.449 e. The highest BCUT2D eigenvalue weighted by atomic mass is 32.2. The van der Waals surface area contributed by atoms with Crippen LogP contribution in [0.2, 0.25) is 0 Å². The molecule has 1 fully saturated rings. The van der Waals surface area contributed by atoms with E-state index < -0.39 is 6.09 Å². The Balaban J connectivity index is 2.20. The minimum atomic E-state index is -0.728. The van der Waals surface area contributed by atoms with Crippen LogP contribution in [0.1, 0.15) is 19.8 Å². The SMILES string of the molecule is CC(=O)SC1CCC(COC(N)=O)S1. The molecule has 0 bridgehead atoms. The molecule has 80 valence electrons. The summed E-state index contributed by atoms with van der Waals surface area (Å²) in [5, 5.41) is 0.429. The maximum absolute atomic E-state index is 10.8. The molecule has 0 aromatic heterocycles. The van der Waals surface area contributed by atoms with Crippen LogP contribution in [0.3, 0.4) is 0 Å². The molecule has 1 aliphatic rings. The Morgan fingerprint density at radius 3 is 2.86 bits per heavy atom. The molecule has 0 saturated carbocycles. The number of primary amides is 1. The normalized spacial score (nSPS) is 26.1. The average molecular weight is 235 g/mol. The fourth-order valence-electron chi connectivity index (χ4n) is 1.24. The highest BCUT2D eigenvalue weighted by Gasteiger charge is 2.27. The molecule has 1 heterocycles. The molecule has 0 radical (unpaired) electrons. The summed E-state index contributed by atoms with van der Waals surface area (Å²) in [6, 6.07) is 0. The van der Waals surface area contributed by atoms with Gasteiger partial charge in [0.05, 0.1) is 4.58 Å². The van der Waals surface area contributed by atoms with Crippen LogP contribution >= 0.6 is 23.5 Å². The summed E-state index contributed by atoms with van der Waals surface area (Å²) in [7, 11) is 0. The van der Waals surface area contributed by atoms with Crippen molar-refractivity contribution >= 4 is 34.7 Å². The van der Waals surface area contributed by atoms with Gasteiger partial charge >= 0.3 is 6.09 Å². The summed E-state index contributed by atoms with van der Waals surface area (Å²) in [4.78, 5) is 21.2. The van der Waals surface area contributed by atoms with Crippen molar-refractivity contribution in [3.8, 4) is 0 Å². The zero-order valence-electron chi connectivity index (χ0n) is 7.89. The zero-order chi connectivity index (χ0) is 10.6. The summed E-state index contributed by atoms with van der Waals surface area (Å²) >= 11 is 3.04. The molecule has 1 saturated heterocycles. The van der Waals surface area contributed by atoms with Gasteiger partial charge in [-0.05, 0) is 12.8 Å². The van der Waals surface area contributed by atoms with Crippen LogP contribution in [0, 0.1) is 0 Å². The van der Waals surface area contributed by atoms with E-state index in [1.807, 2.05) is 0 Å². The smallest absolute Gasteiger partial charge is 0.404 e. The first-order valence-corrected chi connectivity index (χ1v) is 6.15. The molecular weight excluding hydrogens is 222 g/mol. The summed E-state index contributed by atoms with van der Waals surface area (Å²) in [5.41, 5.74) is 4.86. The molecule has 1 aliphatic heterocycles. The molecule has 2 unspecified atom stereocenters. The van der Waals surface area contributed by atoms with Crippen LogP contribution in [0.5, 0.6) is 0 Å². The third-order valence-electron chi connectivity index (χ3n) is 1.78. The molecule has 2 atom stereocenters. The molecular formula is C8H13NO3S2. The van der Waals surface area contributed by atoms with Gasteiger partial charge < -0.3 is 10.5 Å². The van der Waals surface area contributed by atoms with Crippen molar-refractivity contribution in [2.45, 2.75) is 29.6 Å². The molecule has 2 N–H and O–H groups in total. The fourth-order valence-corrected chi connectivity index (χ4v) is 4.09. The number of ether oxygens (including phenoxy) is 1. The molecule has 4 nitrogen and oxygen atoms in total. The quantitative estimate of drug-likeness (QED) is 0.804. The van der Waals surface area contributed by atoms with Crippen LogP contribution in [0.25, 0.3) is 0 Å². The Bertz CT molecular complexity index is 235. The van der Waals surface area contributed by atoms with Gasteiger partial charge in [0.1, 0.15) is 6.61 Å². The number of amides is 1. The second kappa shape index (κ2) is 5.50. The zero-order valence-corrected chi connectivity index (χ0v) is 9.53. The first-order valence-electron chi connectivity index (χ1n) is 4.33. The third kappa shape index (κ3) is 4.23. The number of carbonyl (C=O) groups is 2. The van der Waals surface area contributed by atoms with Gasteiger partial charge in [0.25, 0.3) is 0 Å². The van der Waals surface area contributed by atoms with Crippen molar-refractivity contribution in [3.05, 3.63) is 0 Å². The Morgan fingerprint density at radius 2 is 2.29 bits per heavy atom. The van der Waals surface area contributed by atoms with Crippen molar-refractivity contribution in [1.82, 2.24) is 0 Å². The Hall–Kier alpha value is -0.360. The van der Waals surface area contributed by atoms with E-state index in [2.05, 4.69) is 0 Å².